The van der Waals surface area contributed by atoms with E-state index in [1.165, 1.54) is 7.11 Å². The van der Waals surface area contributed by atoms with E-state index in [1.54, 1.807) is 18.3 Å². The van der Waals surface area contributed by atoms with Crippen LogP contribution in [0.25, 0.3) is 11.5 Å². The average Bonchev–Trinajstić information content (AvgIpc) is 2.33. The van der Waals surface area contributed by atoms with Gasteiger partial charge in [0.25, 0.3) is 0 Å². The SMILES string of the molecule is COc1ccc(-c2ncc(Br)c(Cl)n2)nn1. The highest BCUT2D eigenvalue weighted by molar-refractivity contribution is 9.10. The molecule has 0 radical (unpaired) electrons. The van der Waals surface area contributed by atoms with E-state index < -0.39 is 0 Å². The minimum Gasteiger partial charge on any atom is -0.480 e. The molecule has 0 aliphatic heterocycles. The molecule has 0 saturated carbocycles. The third-order valence-corrected chi connectivity index (χ3v) is 2.88. The van der Waals surface area contributed by atoms with Gasteiger partial charge in [-0.2, -0.15) is 0 Å². The summed E-state index contributed by atoms with van der Waals surface area (Å²) < 4.78 is 5.54. The highest BCUT2D eigenvalue weighted by atomic mass is 79.9. The van der Waals surface area contributed by atoms with Crippen molar-refractivity contribution in [1.82, 2.24) is 20.2 Å². The van der Waals surface area contributed by atoms with Crippen LogP contribution < -0.4 is 4.74 Å². The lowest BCUT2D eigenvalue weighted by molar-refractivity contribution is 0.392. The Morgan fingerprint density at radius 1 is 1.31 bits per heavy atom. The average molecular weight is 302 g/mol. The summed E-state index contributed by atoms with van der Waals surface area (Å²) >= 11 is 9.06. The molecule has 0 aliphatic rings. The second kappa shape index (κ2) is 4.71. The maximum Gasteiger partial charge on any atom is 0.233 e. The molecule has 16 heavy (non-hydrogen) atoms. The smallest absolute Gasteiger partial charge is 0.233 e. The van der Waals surface area contributed by atoms with E-state index in [0.29, 0.717) is 27.0 Å². The van der Waals surface area contributed by atoms with Crippen LogP contribution >= 0.6 is 27.5 Å². The Morgan fingerprint density at radius 2 is 2.12 bits per heavy atom. The van der Waals surface area contributed by atoms with Crippen LogP contribution in [0.2, 0.25) is 5.15 Å². The first-order valence-electron chi connectivity index (χ1n) is 4.27. The van der Waals surface area contributed by atoms with Crippen LogP contribution in [0.15, 0.2) is 22.8 Å². The van der Waals surface area contributed by atoms with E-state index in [4.69, 9.17) is 16.3 Å². The minimum absolute atomic E-state index is 0.336. The monoisotopic (exact) mass is 300 g/mol. The van der Waals surface area contributed by atoms with Crippen LogP contribution in [-0.4, -0.2) is 27.3 Å². The van der Waals surface area contributed by atoms with Crippen LogP contribution in [0, 0.1) is 0 Å². The minimum atomic E-state index is 0.336. The van der Waals surface area contributed by atoms with Gasteiger partial charge in [0.1, 0.15) is 10.8 Å². The molecule has 0 saturated heterocycles. The van der Waals surface area contributed by atoms with Gasteiger partial charge in [0.05, 0.1) is 11.6 Å². The van der Waals surface area contributed by atoms with Crippen LogP contribution in [-0.2, 0) is 0 Å². The molecule has 0 N–H and O–H groups in total. The van der Waals surface area contributed by atoms with Crippen LogP contribution in [0.4, 0.5) is 0 Å². The molecule has 0 fully saturated rings. The van der Waals surface area contributed by atoms with Crippen molar-refractivity contribution in [2.24, 2.45) is 0 Å². The summed E-state index contributed by atoms with van der Waals surface area (Å²) in [6.45, 7) is 0. The molecule has 82 valence electrons. The van der Waals surface area contributed by atoms with Gasteiger partial charge in [-0.15, -0.1) is 10.2 Å². The third-order valence-electron chi connectivity index (χ3n) is 1.78. The van der Waals surface area contributed by atoms with Crippen LogP contribution in [0.5, 0.6) is 5.88 Å². The van der Waals surface area contributed by atoms with Crippen molar-refractivity contribution in [3.05, 3.63) is 28.0 Å². The lowest BCUT2D eigenvalue weighted by Crippen LogP contribution is -1.96. The summed E-state index contributed by atoms with van der Waals surface area (Å²) in [6, 6.07) is 3.40. The van der Waals surface area contributed by atoms with Gasteiger partial charge in [-0.1, -0.05) is 11.6 Å². The van der Waals surface area contributed by atoms with Crippen LogP contribution in [0.1, 0.15) is 0 Å². The molecule has 0 amide bonds. The van der Waals surface area contributed by atoms with Crippen molar-refractivity contribution in [1.29, 1.82) is 0 Å². The van der Waals surface area contributed by atoms with Crippen molar-refractivity contribution in [2.45, 2.75) is 0 Å². The van der Waals surface area contributed by atoms with Crippen molar-refractivity contribution < 1.29 is 4.74 Å². The van der Waals surface area contributed by atoms with E-state index in [1.807, 2.05) is 0 Å². The fourth-order valence-electron chi connectivity index (χ4n) is 1.02. The molecule has 7 heteroatoms. The van der Waals surface area contributed by atoms with E-state index >= 15 is 0 Å². The predicted octanol–water partition coefficient (Wildman–Crippen LogP) is 2.36. The molecular weight excluding hydrogens is 295 g/mol. The van der Waals surface area contributed by atoms with Crippen molar-refractivity contribution in [2.75, 3.05) is 7.11 Å². The van der Waals surface area contributed by atoms with E-state index in [0.717, 1.165) is 0 Å². The fourth-order valence-corrected chi connectivity index (χ4v) is 1.34. The molecule has 5 nitrogen and oxygen atoms in total. The molecule has 0 aliphatic carbocycles. The maximum absolute atomic E-state index is 5.85. The van der Waals surface area contributed by atoms with Gasteiger partial charge in [0.15, 0.2) is 5.82 Å². The van der Waals surface area contributed by atoms with Gasteiger partial charge < -0.3 is 4.74 Å². The largest absolute Gasteiger partial charge is 0.480 e. The van der Waals surface area contributed by atoms with Crippen molar-refractivity contribution in [3.63, 3.8) is 0 Å². The maximum atomic E-state index is 5.85. The summed E-state index contributed by atoms with van der Waals surface area (Å²) in [5.74, 6) is 0.857. The summed E-state index contributed by atoms with van der Waals surface area (Å²) in [7, 11) is 1.52. The molecule has 2 rings (SSSR count). The molecule has 0 aromatic carbocycles. The number of halogens is 2. The first kappa shape index (κ1) is 11.2. The summed E-state index contributed by atoms with van der Waals surface area (Å²) in [6.07, 6.45) is 1.57. The lowest BCUT2D eigenvalue weighted by atomic mass is 10.3. The molecule has 0 spiro atoms. The van der Waals surface area contributed by atoms with Crippen LogP contribution in [0.3, 0.4) is 0 Å². The Hall–Kier alpha value is -1.27. The van der Waals surface area contributed by atoms with E-state index in [2.05, 4.69) is 36.1 Å². The topological polar surface area (TPSA) is 60.8 Å². The highest BCUT2D eigenvalue weighted by Gasteiger charge is 2.07. The zero-order chi connectivity index (χ0) is 11.5. The molecule has 2 heterocycles. The Balaban J connectivity index is 2.38. The number of hydrogen-bond donors (Lipinski definition) is 0. The lowest BCUT2D eigenvalue weighted by Gasteiger charge is -2.01. The molecule has 2 aromatic heterocycles. The quantitative estimate of drug-likeness (QED) is 0.797. The summed E-state index contributed by atoms with van der Waals surface area (Å²) in [5.41, 5.74) is 0.537. The Morgan fingerprint density at radius 3 is 2.69 bits per heavy atom. The molecule has 0 atom stereocenters. The van der Waals surface area contributed by atoms with Gasteiger partial charge in [-0.05, 0) is 22.0 Å². The zero-order valence-corrected chi connectivity index (χ0v) is 10.5. The Labute approximate surface area is 105 Å². The van der Waals surface area contributed by atoms with Gasteiger partial charge in [-0.25, -0.2) is 9.97 Å². The van der Waals surface area contributed by atoms with E-state index in [-0.39, 0.29) is 0 Å². The zero-order valence-electron chi connectivity index (χ0n) is 8.19. The number of methoxy groups -OCH3 is 1. The second-order valence-electron chi connectivity index (χ2n) is 2.79. The molecule has 2 aromatic rings. The first-order chi connectivity index (χ1) is 7.70. The first-order valence-corrected chi connectivity index (χ1v) is 5.44. The van der Waals surface area contributed by atoms with Crippen molar-refractivity contribution in [3.8, 4) is 17.4 Å². The summed E-state index contributed by atoms with van der Waals surface area (Å²) in [5, 5.41) is 8.07. The highest BCUT2D eigenvalue weighted by Crippen LogP contribution is 2.21. The normalized spacial score (nSPS) is 10.2. The number of rotatable bonds is 2. The second-order valence-corrected chi connectivity index (χ2v) is 4.01. The van der Waals surface area contributed by atoms with Gasteiger partial charge >= 0.3 is 0 Å². The molecule has 0 bridgehead atoms. The fraction of sp³-hybridized carbons (Fsp3) is 0.111. The Bertz CT molecular complexity index is 505. The van der Waals surface area contributed by atoms with Gasteiger partial charge in [0, 0.05) is 12.3 Å². The number of hydrogen-bond acceptors (Lipinski definition) is 5. The predicted molar refractivity (Wildman–Crippen MR) is 62.3 cm³/mol. The number of aromatic nitrogens is 4. The summed E-state index contributed by atoms with van der Waals surface area (Å²) in [4.78, 5) is 8.14. The third kappa shape index (κ3) is 2.28. The Kier molecular flexibility index (Phi) is 3.31. The number of nitrogens with zero attached hydrogens (tertiary/aromatic N) is 4. The van der Waals surface area contributed by atoms with Crippen molar-refractivity contribution >= 4 is 27.5 Å². The number of ether oxygens (including phenoxy) is 1. The van der Waals surface area contributed by atoms with Gasteiger partial charge in [-0.3, -0.25) is 0 Å². The standard InChI is InChI=1S/C9H6BrClN4O/c1-16-7-3-2-6(14-15-7)9-12-4-5(10)8(11)13-9/h2-4H,1H3. The molecule has 0 unspecified atom stereocenters. The molecular formula is C9H6BrClN4O. The van der Waals surface area contributed by atoms with Gasteiger partial charge in [0.2, 0.25) is 5.88 Å². The van der Waals surface area contributed by atoms with E-state index in [9.17, 15) is 0 Å².